The van der Waals surface area contributed by atoms with Gasteiger partial charge in [0.25, 0.3) is 0 Å². The van der Waals surface area contributed by atoms with E-state index in [9.17, 15) is 4.79 Å². The number of para-hydroxylation sites is 2. The third-order valence-corrected chi connectivity index (χ3v) is 5.15. The highest BCUT2D eigenvalue weighted by Gasteiger charge is 2.32. The lowest BCUT2D eigenvalue weighted by Gasteiger charge is -2.24. The van der Waals surface area contributed by atoms with E-state index in [-0.39, 0.29) is 11.9 Å². The molecule has 1 amide bonds. The molecular formula is C20H20ClN3O. The quantitative estimate of drug-likeness (QED) is 0.699. The summed E-state index contributed by atoms with van der Waals surface area (Å²) in [6.07, 6.45) is 1.98. The Balaban J connectivity index is 1.80. The summed E-state index contributed by atoms with van der Waals surface area (Å²) in [5.74, 6) is 1.09. The Kier molecular flexibility index (Phi) is 4.22. The average Bonchev–Trinajstić information content (AvgIpc) is 3.22. The fourth-order valence-corrected chi connectivity index (χ4v) is 3.83. The molecule has 1 aliphatic heterocycles. The van der Waals surface area contributed by atoms with Gasteiger partial charge in [0.1, 0.15) is 5.82 Å². The van der Waals surface area contributed by atoms with Crippen LogP contribution >= 0.6 is 11.6 Å². The number of hydrogen-bond donors (Lipinski definition) is 0. The smallest absolute Gasteiger partial charge is 0.220 e. The normalized spacial score (nSPS) is 17.4. The van der Waals surface area contributed by atoms with Crippen LogP contribution in [0.1, 0.15) is 37.2 Å². The van der Waals surface area contributed by atoms with E-state index < -0.39 is 0 Å². The number of hydrogen-bond acceptors (Lipinski definition) is 2. The van der Waals surface area contributed by atoms with Crippen molar-refractivity contribution < 1.29 is 4.79 Å². The van der Waals surface area contributed by atoms with Gasteiger partial charge in [-0.25, -0.2) is 4.98 Å². The van der Waals surface area contributed by atoms with Crippen LogP contribution in [-0.2, 0) is 11.3 Å². The number of amides is 1. The van der Waals surface area contributed by atoms with Gasteiger partial charge in [0.05, 0.1) is 17.1 Å². The molecule has 0 spiro atoms. The Morgan fingerprint density at radius 2 is 1.96 bits per heavy atom. The van der Waals surface area contributed by atoms with Gasteiger partial charge in [-0.1, -0.05) is 35.9 Å². The molecule has 1 unspecified atom stereocenters. The van der Waals surface area contributed by atoms with E-state index in [0.29, 0.717) is 0 Å². The van der Waals surface area contributed by atoms with Crippen molar-refractivity contribution >= 4 is 28.5 Å². The molecule has 1 atom stereocenters. The third-order valence-electron chi connectivity index (χ3n) is 4.89. The van der Waals surface area contributed by atoms with Gasteiger partial charge in [0.2, 0.25) is 5.91 Å². The zero-order valence-corrected chi connectivity index (χ0v) is 14.9. The summed E-state index contributed by atoms with van der Waals surface area (Å²) in [7, 11) is 0. The highest BCUT2D eigenvalue weighted by molar-refractivity contribution is 6.30. The molecule has 4 rings (SSSR count). The average molecular weight is 354 g/mol. The third kappa shape index (κ3) is 3.02. The number of carbonyl (C=O) groups excluding carboxylic acids is 1. The molecule has 5 heteroatoms. The minimum absolute atomic E-state index is 0.0530. The van der Waals surface area contributed by atoms with Crippen molar-refractivity contribution in [1.82, 2.24) is 14.5 Å². The fourth-order valence-electron chi connectivity index (χ4n) is 3.70. The molecule has 1 aromatic heterocycles. The molecule has 0 saturated carbocycles. The van der Waals surface area contributed by atoms with Gasteiger partial charge in [-0.2, -0.15) is 0 Å². The van der Waals surface area contributed by atoms with Crippen LogP contribution in [0, 0.1) is 0 Å². The highest BCUT2D eigenvalue weighted by atomic mass is 35.5. The summed E-state index contributed by atoms with van der Waals surface area (Å²) in [5.41, 5.74) is 3.24. The Morgan fingerprint density at radius 3 is 2.72 bits per heavy atom. The second-order valence-corrected chi connectivity index (χ2v) is 6.98. The Morgan fingerprint density at radius 1 is 1.20 bits per heavy atom. The summed E-state index contributed by atoms with van der Waals surface area (Å²) in [6, 6.07) is 16.1. The molecule has 0 N–H and O–H groups in total. The van der Waals surface area contributed by atoms with Gasteiger partial charge in [0, 0.05) is 25.0 Å². The lowest BCUT2D eigenvalue weighted by Crippen LogP contribution is -2.30. The monoisotopic (exact) mass is 353 g/mol. The lowest BCUT2D eigenvalue weighted by atomic mass is 10.2. The van der Waals surface area contributed by atoms with E-state index in [1.54, 1.807) is 6.92 Å². The Hall–Kier alpha value is -2.33. The van der Waals surface area contributed by atoms with E-state index in [4.69, 9.17) is 16.6 Å². The van der Waals surface area contributed by atoms with Crippen LogP contribution in [-0.4, -0.2) is 26.9 Å². The summed E-state index contributed by atoms with van der Waals surface area (Å²) < 4.78 is 2.24. The lowest BCUT2D eigenvalue weighted by molar-refractivity contribution is -0.129. The van der Waals surface area contributed by atoms with Crippen molar-refractivity contribution in [3.63, 3.8) is 0 Å². The maximum Gasteiger partial charge on any atom is 0.220 e. The second kappa shape index (κ2) is 6.52. The largest absolute Gasteiger partial charge is 0.333 e. The standard InChI is InChI=1S/C20H20ClN3O/c1-14(25)23-12-4-7-19(23)20-22-17-5-2-3-6-18(17)24(20)13-15-8-10-16(21)11-9-15/h2-3,5-6,8-11,19H,4,7,12-13H2,1H3. The molecule has 0 radical (unpaired) electrons. The minimum Gasteiger partial charge on any atom is -0.333 e. The number of likely N-dealkylation sites (tertiary alicyclic amines) is 1. The first-order valence-corrected chi connectivity index (χ1v) is 8.98. The van der Waals surface area contributed by atoms with E-state index in [0.717, 1.165) is 47.8 Å². The number of benzene rings is 2. The number of fused-ring (bicyclic) bond motifs is 1. The summed E-state index contributed by atoms with van der Waals surface area (Å²) in [4.78, 5) is 18.9. The minimum atomic E-state index is 0.0530. The molecule has 25 heavy (non-hydrogen) atoms. The number of halogens is 1. The SMILES string of the molecule is CC(=O)N1CCCC1c1nc2ccccc2n1Cc1ccc(Cl)cc1. The molecule has 3 aromatic rings. The van der Waals surface area contributed by atoms with E-state index >= 15 is 0 Å². The highest BCUT2D eigenvalue weighted by Crippen LogP contribution is 2.33. The zero-order chi connectivity index (χ0) is 17.4. The summed E-state index contributed by atoms with van der Waals surface area (Å²) in [6.45, 7) is 3.17. The summed E-state index contributed by atoms with van der Waals surface area (Å²) in [5, 5.41) is 0.734. The van der Waals surface area contributed by atoms with Crippen LogP contribution in [0.3, 0.4) is 0 Å². The molecule has 2 heterocycles. The molecule has 0 bridgehead atoms. The maximum atomic E-state index is 12.0. The first-order chi connectivity index (χ1) is 12.1. The number of aromatic nitrogens is 2. The van der Waals surface area contributed by atoms with Gasteiger partial charge in [-0.3, -0.25) is 4.79 Å². The van der Waals surface area contributed by atoms with Crippen LogP contribution in [0.25, 0.3) is 11.0 Å². The Labute approximate surface area is 152 Å². The van der Waals surface area contributed by atoms with Crippen LogP contribution < -0.4 is 0 Å². The fraction of sp³-hybridized carbons (Fsp3) is 0.300. The van der Waals surface area contributed by atoms with Crippen LogP contribution in [0.4, 0.5) is 0 Å². The van der Waals surface area contributed by atoms with Crippen LogP contribution in [0.5, 0.6) is 0 Å². The van der Waals surface area contributed by atoms with Crippen molar-refractivity contribution in [3.05, 3.63) is 64.9 Å². The topological polar surface area (TPSA) is 38.1 Å². The predicted molar refractivity (Wildman–Crippen MR) is 99.6 cm³/mol. The first-order valence-electron chi connectivity index (χ1n) is 8.60. The van der Waals surface area contributed by atoms with Crippen LogP contribution in [0.15, 0.2) is 48.5 Å². The second-order valence-electron chi connectivity index (χ2n) is 6.54. The zero-order valence-electron chi connectivity index (χ0n) is 14.2. The maximum absolute atomic E-state index is 12.0. The van der Waals surface area contributed by atoms with Gasteiger partial charge < -0.3 is 9.47 Å². The van der Waals surface area contributed by atoms with Gasteiger partial charge in [-0.05, 0) is 42.7 Å². The van der Waals surface area contributed by atoms with Crippen molar-refractivity contribution in [2.24, 2.45) is 0 Å². The first kappa shape index (κ1) is 16.2. The molecule has 1 fully saturated rings. The molecular weight excluding hydrogens is 334 g/mol. The molecule has 1 aliphatic rings. The van der Waals surface area contributed by atoms with Crippen LogP contribution in [0.2, 0.25) is 5.02 Å². The number of carbonyl (C=O) groups is 1. The van der Waals surface area contributed by atoms with E-state index in [1.165, 1.54) is 5.56 Å². The molecule has 1 saturated heterocycles. The molecule has 4 nitrogen and oxygen atoms in total. The van der Waals surface area contributed by atoms with Crippen molar-refractivity contribution in [2.45, 2.75) is 32.4 Å². The van der Waals surface area contributed by atoms with Gasteiger partial charge in [0.15, 0.2) is 0 Å². The molecule has 0 aliphatic carbocycles. The van der Waals surface area contributed by atoms with Crippen molar-refractivity contribution in [2.75, 3.05) is 6.54 Å². The number of nitrogens with zero attached hydrogens (tertiary/aromatic N) is 3. The van der Waals surface area contributed by atoms with E-state index in [2.05, 4.69) is 10.6 Å². The van der Waals surface area contributed by atoms with E-state index in [1.807, 2.05) is 47.4 Å². The number of rotatable bonds is 3. The van der Waals surface area contributed by atoms with Crippen molar-refractivity contribution in [3.8, 4) is 0 Å². The van der Waals surface area contributed by atoms with Gasteiger partial charge in [-0.15, -0.1) is 0 Å². The number of imidazole rings is 1. The Bertz CT molecular complexity index is 916. The van der Waals surface area contributed by atoms with Gasteiger partial charge >= 0.3 is 0 Å². The summed E-state index contributed by atoms with van der Waals surface area (Å²) >= 11 is 6.01. The molecule has 128 valence electrons. The predicted octanol–water partition coefficient (Wildman–Crippen LogP) is 4.42. The van der Waals surface area contributed by atoms with Crippen molar-refractivity contribution in [1.29, 1.82) is 0 Å². The molecule has 2 aromatic carbocycles.